The number of alkyl carbamates (subject to hydrolysis) is 1. The van der Waals surface area contributed by atoms with Gasteiger partial charge in [-0.15, -0.1) is 0 Å². The van der Waals surface area contributed by atoms with Crippen molar-refractivity contribution in [3.63, 3.8) is 0 Å². The molecule has 0 saturated carbocycles. The molecule has 82 valence electrons. The molecular weight excluding hydrogens is 184 g/mol. The van der Waals surface area contributed by atoms with E-state index in [0.717, 1.165) is 32.8 Å². The number of carbonyl (C=O) groups is 1. The van der Waals surface area contributed by atoms with Crippen LogP contribution in [-0.2, 0) is 9.47 Å². The van der Waals surface area contributed by atoms with E-state index in [1.54, 1.807) is 0 Å². The molecule has 0 spiro atoms. The summed E-state index contributed by atoms with van der Waals surface area (Å²) in [6.07, 6.45) is -0.370. The van der Waals surface area contributed by atoms with Crippen LogP contribution in [-0.4, -0.2) is 57.0 Å². The molecule has 5 heteroatoms. The minimum atomic E-state index is -0.370. The number of nitrogens with zero attached hydrogens (tertiary/aromatic N) is 1. The highest BCUT2D eigenvalue weighted by Crippen LogP contribution is 1.98. The Morgan fingerprint density at radius 3 is 2.79 bits per heavy atom. The molecule has 0 radical (unpaired) electrons. The standard InChI is InChI=1S/C9H18N2O3/c1-8(10-9(12)13-2)7-11-3-5-14-6-4-11/h8H,3-7H2,1-2H3,(H,10,12). The molecule has 1 rings (SSSR count). The van der Waals surface area contributed by atoms with Gasteiger partial charge in [-0.2, -0.15) is 0 Å². The molecule has 1 fully saturated rings. The average molecular weight is 202 g/mol. The van der Waals surface area contributed by atoms with Gasteiger partial charge in [0, 0.05) is 25.7 Å². The van der Waals surface area contributed by atoms with Gasteiger partial charge in [0.15, 0.2) is 0 Å². The van der Waals surface area contributed by atoms with E-state index in [1.165, 1.54) is 7.11 Å². The molecule has 1 saturated heterocycles. The van der Waals surface area contributed by atoms with E-state index < -0.39 is 0 Å². The lowest BCUT2D eigenvalue weighted by Gasteiger charge is -2.29. The predicted octanol–water partition coefficient (Wildman–Crippen LogP) is 0.0631. The molecule has 0 aliphatic carbocycles. The van der Waals surface area contributed by atoms with E-state index in [-0.39, 0.29) is 12.1 Å². The first-order valence-electron chi connectivity index (χ1n) is 4.87. The van der Waals surface area contributed by atoms with Crippen LogP contribution >= 0.6 is 0 Å². The number of amides is 1. The molecule has 14 heavy (non-hydrogen) atoms. The van der Waals surface area contributed by atoms with Gasteiger partial charge in [-0.05, 0) is 6.92 Å². The van der Waals surface area contributed by atoms with Gasteiger partial charge in [-0.1, -0.05) is 0 Å². The summed E-state index contributed by atoms with van der Waals surface area (Å²) in [6, 6.07) is 0.112. The Kier molecular flexibility index (Phi) is 4.69. The molecule has 5 nitrogen and oxygen atoms in total. The number of morpholine rings is 1. The van der Waals surface area contributed by atoms with E-state index in [4.69, 9.17) is 4.74 Å². The van der Waals surface area contributed by atoms with Gasteiger partial charge in [0.2, 0.25) is 0 Å². The minimum Gasteiger partial charge on any atom is -0.453 e. The molecule has 0 aromatic rings. The maximum absolute atomic E-state index is 10.9. The van der Waals surface area contributed by atoms with Gasteiger partial charge in [0.1, 0.15) is 0 Å². The second-order valence-electron chi connectivity index (χ2n) is 3.45. The Morgan fingerprint density at radius 1 is 1.57 bits per heavy atom. The summed E-state index contributed by atoms with van der Waals surface area (Å²) in [4.78, 5) is 13.2. The zero-order valence-electron chi connectivity index (χ0n) is 8.78. The van der Waals surface area contributed by atoms with Gasteiger partial charge >= 0.3 is 6.09 Å². The Morgan fingerprint density at radius 2 is 2.21 bits per heavy atom. The lowest BCUT2D eigenvalue weighted by Crippen LogP contribution is -2.45. The number of nitrogens with one attached hydrogen (secondary N) is 1. The Balaban J connectivity index is 2.18. The highest BCUT2D eigenvalue weighted by atomic mass is 16.5. The highest BCUT2D eigenvalue weighted by Gasteiger charge is 2.14. The third kappa shape index (κ3) is 3.93. The van der Waals surface area contributed by atoms with Crippen LogP contribution in [0.25, 0.3) is 0 Å². The van der Waals surface area contributed by atoms with Crippen molar-refractivity contribution in [3.8, 4) is 0 Å². The van der Waals surface area contributed by atoms with E-state index in [9.17, 15) is 4.79 Å². The quantitative estimate of drug-likeness (QED) is 0.703. The lowest BCUT2D eigenvalue weighted by molar-refractivity contribution is 0.0343. The normalized spacial score (nSPS) is 20.1. The summed E-state index contributed by atoms with van der Waals surface area (Å²) < 4.78 is 9.75. The van der Waals surface area contributed by atoms with Gasteiger partial charge in [-0.25, -0.2) is 4.79 Å². The maximum atomic E-state index is 10.9. The van der Waals surface area contributed by atoms with Crippen molar-refractivity contribution >= 4 is 6.09 Å². The zero-order chi connectivity index (χ0) is 10.4. The van der Waals surface area contributed by atoms with Gasteiger partial charge in [0.05, 0.1) is 20.3 Å². The first-order valence-corrected chi connectivity index (χ1v) is 4.87. The molecule has 1 atom stereocenters. The SMILES string of the molecule is COC(=O)NC(C)CN1CCOCC1. The van der Waals surface area contributed by atoms with Crippen LogP contribution in [0.4, 0.5) is 4.79 Å². The number of rotatable bonds is 3. The summed E-state index contributed by atoms with van der Waals surface area (Å²) in [5, 5.41) is 2.73. The second kappa shape index (κ2) is 5.82. The van der Waals surface area contributed by atoms with Crippen molar-refractivity contribution in [2.24, 2.45) is 0 Å². The summed E-state index contributed by atoms with van der Waals surface area (Å²) in [5.74, 6) is 0. The molecular formula is C9H18N2O3. The molecule has 1 aliphatic heterocycles. The summed E-state index contributed by atoms with van der Waals surface area (Å²) >= 11 is 0. The Hall–Kier alpha value is -0.810. The third-order valence-corrected chi connectivity index (χ3v) is 2.19. The summed E-state index contributed by atoms with van der Waals surface area (Å²) in [7, 11) is 1.37. The molecule has 0 aromatic carbocycles. The monoisotopic (exact) mass is 202 g/mol. The van der Waals surface area contributed by atoms with Crippen LogP contribution in [0, 0.1) is 0 Å². The van der Waals surface area contributed by atoms with Gasteiger partial charge < -0.3 is 14.8 Å². The number of methoxy groups -OCH3 is 1. The first-order chi connectivity index (χ1) is 6.72. The van der Waals surface area contributed by atoms with E-state index in [0.29, 0.717) is 0 Å². The Labute approximate surface area is 84.4 Å². The molecule has 0 bridgehead atoms. The molecule has 1 aliphatic rings. The fourth-order valence-electron chi connectivity index (χ4n) is 1.48. The fourth-order valence-corrected chi connectivity index (χ4v) is 1.48. The first kappa shape index (κ1) is 11.3. The van der Waals surface area contributed by atoms with Crippen molar-refractivity contribution in [2.45, 2.75) is 13.0 Å². The van der Waals surface area contributed by atoms with E-state index >= 15 is 0 Å². The minimum absolute atomic E-state index is 0.112. The summed E-state index contributed by atoms with van der Waals surface area (Å²) in [5.41, 5.74) is 0. The average Bonchev–Trinajstić information content (AvgIpc) is 2.19. The fraction of sp³-hybridized carbons (Fsp3) is 0.889. The molecule has 1 N–H and O–H groups in total. The largest absolute Gasteiger partial charge is 0.453 e. The van der Waals surface area contributed by atoms with Crippen LogP contribution in [0.5, 0.6) is 0 Å². The topological polar surface area (TPSA) is 50.8 Å². The van der Waals surface area contributed by atoms with Crippen molar-refractivity contribution in [1.29, 1.82) is 0 Å². The van der Waals surface area contributed by atoms with Gasteiger partial charge in [0.25, 0.3) is 0 Å². The van der Waals surface area contributed by atoms with E-state index in [1.807, 2.05) is 6.92 Å². The lowest BCUT2D eigenvalue weighted by atomic mass is 10.3. The molecule has 1 heterocycles. The zero-order valence-corrected chi connectivity index (χ0v) is 8.78. The van der Waals surface area contributed by atoms with E-state index in [2.05, 4.69) is 15.0 Å². The number of hydrogen-bond donors (Lipinski definition) is 1. The Bertz CT molecular complexity index is 181. The van der Waals surface area contributed by atoms with Crippen LogP contribution in [0.2, 0.25) is 0 Å². The van der Waals surface area contributed by atoms with Crippen molar-refractivity contribution in [1.82, 2.24) is 10.2 Å². The third-order valence-electron chi connectivity index (χ3n) is 2.19. The van der Waals surface area contributed by atoms with Crippen LogP contribution in [0.3, 0.4) is 0 Å². The molecule has 1 amide bonds. The predicted molar refractivity (Wildman–Crippen MR) is 52.3 cm³/mol. The van der Waals surface area contributed by atoms with Gasteiger partial charge in [-0.3, -0.25) is 4.90 Å². The van der Waals surface area contributed by atoms with Crippen LogP contribution in [0.1, 0.15) is 6.92 Å². The van der Waals surface area contributed by atoms with Crippen molar-refractivity contribution < 1.29 is 14.3 Å². The second-order valence-corrected chi connectivity index (χ2v) is 3.45. The van der Waals surface area contributed by atoms with Crippen molar-refractivity contribution in [3.05, 3.63) is 0 Å². The molecule has 0 aromatic heterocycles. The molecule has 1 unspecified atom stereocenters. The smallest absolute Gasteiger partial charge is 0.407 e. The number of hydrogen-bond acceptors (Lipinski definition) is 4. The van der Waals surface area contributed by atoms with Crippen LogP contribution in [0.15, 0.2) is 0 Å². The summed E-state index contributed by atoms with van der Waals surface area (Å²) in [6.45, 7) is 6.25. The highest BCUT2D eigenvalue weighted by molar-refractivity contribution is 5.67. The van der Waals surface area contributed by atoms with Crippen LogP contribution < -0.4 is 5.32 Å². The number of carbonyl (C=O) groups excluding carboxylic acids is 1. The van der Waals surface area contributed by atoms with Crippen molar-refractivity contribution in [2.75, 3.05) is 40.0 Å². The number of ether oxygens (including phenoxy) is 2. The maximum Gasteiger partial charge on any atom is 0.407 e.